The number of hydrogen-bond acceptors (Lipinski definition) is 4. The zero-order chi connectivity index (χ0) is 17.3. The second kappa shape index (κ2) is 6.83. The number of aromatic nitrogens is 4. The minimum atomic E-state index is -0.223. The largest absolute Gasteiger partial charge is 0.300 e. The molecule has 0 atom stereocenters. The third-order valence-corrected chi connectivity index (χ3v) is 4.85. The number of hydrogen-bond donors (Lipinski definition) is 0. The highest BCUT2D eigenvalue weighted by molar-refractivity contribution is 7.99. The molecule has 0 saturated carbocycles. The van der Waals surface area contributed by atoms with Crippen LogP contribution in [-0.4, -0.2) is 24.9 Å². The van der Waals surface area contributed by atoms with E-state index in [1.807, 2.05) is 32.9 Å². The minimum Gasteiger partial charge on any atom is -0.280 e. The molecule has 0 aliphatic carbocycles. The molecule has 0 aliphatic heterocycles. The molecule has 0 bridgehead atoms. The number of thioether (sulfide) groups is 1. The Bertz CT molecular complexity index is 986. The van der Waals surface area contributed by atoms with E-state index in [9.17, 15) is 4.79 Å². The fourth-order valence-corrected chi connectivity index (χ4v) is 3.31. The summed E-state index contributed by atoms with van der Waals surface area (Å²) in [6.07, 6.45) is 5.63. The average molecular weight is 361 g/mol. The molecular formula is C17H17ClN4OS. The van der Waals surface area contributed by atoms with Crippen molar-refractivity contribution in [3.63, 3.8) is 0 Å². The van der Waals surface area contributed by atoms with Gasteiger partial charge in [-0.3, -0.25) is 13.8 Å². The Morgan fingerprint density at radius 2 is 2.08 bits per heavy atom. The van der Waals surface area contributed by atoms with Crippen LogP contribution in [0.15, 0.2) is 52.2 Å². The molecule has 0 amide bonds. The summed E-state index contributed by atoms with van der Waals surface area (Å²) in [5.41, 5.74) is 3.00. The van der Waals surface area contributed by atoms with Crippen molar-refractivity contribution in [2.75, 3.05) is 5.75 Å². The third-order valence-electron chi connectivity index (χ3n) is 3.58. The lowest BCUT2D eigenvalue weighted by Crippen LogP contribution is -2.20. The summed E-state index contributed by atoms with van der Waals surface area (Å²) in [7, 11) is 0. The molecule has 124 valence electrons. The highest BCUT2D eigenvalue weighted by Crippen LogP contribution is 2.20. The SMILES string of the molecule is CC(C)=CCSc1nnc2c(=O)n(-c3ccc(C)c(Cl)c3)ccn12. The molecule has 0 fully saturated rings. The highest BCUT2D eigenvalue weighted by Gasteiger charge is 2.12. The van der Waals surface area contributed by atoms with Gasteiger partial charge in [0, 0.05) is 23.2 Å². The number of nitrogens with zero attached hydrogens (tertiary/aromatic N) is 4. The van der Waals surface area contributed by atoms with Crippen LogP contribution in [-0.2, 0) is 0 Å². The van der Waals surface area contributed by atoms with Gasteiger partial charge in [0.2, 0.25) is 5.65 Å². The standard InChI is InChI=1S/C17H17ClN4OS/c1-11(2)6-9-24-17-20-19-15-16(23)21(7-8-22(15)17)13-5-4-12(3)14(18)10-13/h4-8,10H,9H2,1-3H3. The topological polar surface area (TPSA) is 52.2 Å². The molecule has 2 heterocycles. The van der Waals surface area contributed by atoms with Crippen molar-refractivity contribution in [2.45, 2.75) is 25.9 Å². The number of halogens is 1. The lowest BCUT2D eigenvalue weighted by molar-refractivity contribution is 0.894. The first kappa shape index (κ1) is 16.8. The predicted octanol–water partition coefficient (Wildman–Crippen LogP) is 3.90. The fraction of sp³-hybridized carbons (Fsp3) is 0.235. The van der Waals surface area contributed by atoms with Crippen LogP contribution < -0.4 is 5.56 Å². The van der Waals surface area contributed by atoms with Gasteiger partial charge in [0.25, 0.3) is 0 Å². The van der Waals surface area contributed by atoms with Gasteiger partial charge in [-0.15, -0.1) is 10.2 Å². The monoisotopic (exact) mass is 360 g/mol. The van der Waals surface area contributed by atoms with Gasteiger partial charge in [0.05, 0.1) is 5.69 Å². The predicted molar refractivity (Wildman–Crippen MR) is 98.5 cm³/mol. The van der Waals surface area contributed by atoms with E-state index in [1.54, 1.807) is 34.6 Å². The molecule has 0 aliphatic rings. The lowest BCUT2D eigenvalue weighted by atomic mass is 10.2. The smallest absolute Gasteiger partial charge is 0.280 e. The summed E-state index contributed by atoms with van der Waals surface area (Å²) in [6, 6.07) is 5.52. The van der Waals surface area contributed by atoms with Crippen LogP contribution in [0.2, 0.25) is 5.02 Å². The Morgan fingerprint density at radius 1 is 1.29 bits per heavy atom. The number of rotatable bonds is 4. The molecule has 0 saturated heterocycles. The Balaban J connectivity index is 2.01. The third kappa shape index (κ3) is 3.25. The Morgan fingerprint density at radius 3 is 2.79 bits per heavy atom. The number of allylic oxidation sites excluding steroid dienone is 1. The molecule has 7 heteroatoms. The van der Waals surface area contributed by atoms with Crippen LogP contribution in [0.1, 0.15) is 19.4 Å². The van der Waals surface area contributed by atoms with Crippen molar-refractivity contribution < 1.29 is 0 Å². The lowest BCUT2D eigenvalue weighted by Gasteiger charge is -2.08. The minimum absolute atomic E-state index is 0.223. The van der Waals surface area contributed by atoms with Crippen molar-refractivity contribution in [1.29, 1.82) is 0 Å². The first-order chi connectivity index (χ1) is 11.5. The van der Waals surface area contributed by atoms with Crippen LogP contribution >= 0.6 is 23.4 Å². The van der Waals surface area contributed by atoms with E-state index in [0.717, 1.165) is 11.3 Å². The second-order valence-electron chi connectivity index (χ2n) is 5.68. The zero-order valence-electron chi connectivity index (χ0n) is 13.7. The summed E-state index contributed by atoms with van der Waals surface area (Å²) in [6.45, 7) is 6.02. The Labute approximate surface area is 149 Å². The van der Waals surface area contributed by atoms with Crippen molar-refractivity contribution >= 4 is 29.0 Å². The van der Waals surface area contributed by atoms with Gasteiger partial charge in [-0.25, -0.2) is 0 Å². The van der Waals surface area contributed by atoms with Crippen molar-refractivity contribution in [3.8, 4) is 5.69 Å². The maximum absolute atomic E-state index is 12.7. The number of fused-ring (bicyclic) bond motifs is 1. The molecule has 2 aromatic heterocycles. The van der Waals surface area contributed by atoms with E-state index in [0.29, 0.717) is 21.5 Å². The summed E-state index contributed by atoms with van der Waals surface area (Å²) < 4.78 is 3.25. The van der Waals surface area contributed by atoms with E-state index in [1.165, 1.54) is 10.1 Å². The number of aryl methyl sites for hydroxylation is 1. The molecule has 3 rings (SSSR count). The molecule has 24 heavy (non-hydrogen) atoms. The van der Waals surface area contributed by atoms with E-state index in [2.05, 4.69) is 16.3 Å². The summed E-state index contributed by atoms with van der Waals surface area (Å²) >= 11 is 7.71. The van der Waals surface area contributed by atoms with Gasteiger partial charge in [-0.1, -0.05) is 41.1 Å². The Hall–Kier alpha value is -2.05. The normalized spacial score (nSPS) is 11.0. The van der Waals surface area contributed by atoms with Gasteiger partial charge in [0.15, 0.2) is 5.16 Å². The van der Waals surface area contributed by atoms with E-state index in [-0.39, 0.29) is 5.56 Å². The van der Waals surface area contributed by atoms with Crippen LogP contribution in [0.4, 0.5) is 0 Å². The maximum Gasteiger partial charge on any atom is 0.300 e. The molecule has 1 aromatic carbocycles. The zero-order valence-corrected chi connectivity index (χ0v) is 15.2. The first-order valence-corrected chi connectivity index (χ1v) is 8.83. The van der Waals surface area contributed by atoms with Gasteiger partial charge >= 0.3 is 5.56 Å². The summed E-state index contributed by atoms with van der Waals surface area (Å²) in [4.78, 5) is 12.7. The van der Waals surface area contributed by atoms with Crippen LogP contribution in [0.3, 0.4) is 0 Å². The molecule has 0 unspecified atom stereocenters. The van der Waals surface area contributed by atoms with E-state index >= 15 is 0 Å². The summed E-state index contributed by atoms with van der Waals surface area (Å²) in [5.74, 6) is 0.791. The van der Waals surface area contributed by atoms with Gasteiger partial charge in [0.1, 0.15) is 0 Å². The molecule has 0 radical (unpaired) electrons. The molecular weight excluding hydrogens is 344 g/mol. The first-order valence-electron chi connectivity index (χ1n) is 7.46. The van der Waals surface area contributed by atoms with Gasteiger partial charge in [-0.05, 0) is 38.5 Å². The van der Waals surface area contributed by atoms with Crippen molar-refractivity contribution in [2.24, 2.45) is 0 Å². The molecule has 0 N–H and O–H groups in total. The van der Waals surface area contributed by atoms with Crippen molar-refractivity contribution in [1.82, 2.24) is 19.2 Å². The molecule has 3 aromatic rings. The van der Waals surface area contributed by atoms with Gasteiger partial charge in [-0.2, -0.15) is 0 Å². The average Bonchev–Trinajstić information content (AvgIpc) is 2.94. The number of benzene rings is 1. The fourth-order valence-electron chi connectivity index (χ4n) is 2.18. The molecule has 5 nitrogen and oxygen atoms in total. The van der Waals surface area contributed by atoms with Crippen molar-refractivity contribution in [3.05, 3.63) is 63.2 Å². The molecule has 0 spiro atoms. The van der Waals surface area contributed by atoms with Crippen LogP contribution in [0.5, 0.6) is 0 Å². The second-order valence-corrected chi connectivity index (χ2v) is 7.07. The quantitative estimate of drug-likeness (QED) is 0.523. The van der Waals surface area contributed by atoms with E-state index in [4.69, 9.17) is 11.6 Å². The van der Waals surface area contributed by atoms with Gasteiger partial charge < -0.3 is 0 Å². The van der Waals surface area contributed by atoms with E-state index < -0.39 is 0 Å². The van der Waals surface area contributed by atoms with Crippen LogP contribution in [0, 0.1) is 6.92 Å². The highest BCUT2D eigenvalue weighted by atomic mass is 35.5. The van der Waals surface area contributed by atoms with Crippen LogP contribution in [0.25, 0.3) is 11.3 Å². The summed E-state index contributed by atoms with van der Waals surface area (Å²) in [5, 5.41) is 9.50. The maximum atomic E-state index is 12.7. The Kier molecular flexibility index (Phi) is 4.78.